The molecule has 156 valence electrons. The average Bonchev–Trinajstić information content (AvgIpc) is 2.91. The lowest BCUT2D eigenvalue weighted by Crippen LogP contribution is -2.55. The number of benzene rings is 2. The van der Waals surface area contributed by atoms with Gasteiger partial charge in [0.1, 0.15) is 21.9 Å². The zero-order valence-corrected chi connectivity index (χ0v) is 18.7. The quantitative estimate of drug-likeness (QED) is 0.584. The first-order chi connectivity index (χ1) is 13.9. The molecule has 0 bridgehead atoms. The molecule has 1 unspecified atom stereocenters. The van der Waals surface area contributed by atoms with E-state index >= 15 is 4.39 Å². The van der Waals surface area contributed by atoms with Gasteiger partial charge in [-0.25, -0.2) is 17.0 Å². The number of nitrogens with zero attached hydrogens (tertiary/aromatic N) is 1. The highest BCUT2D eigenvalue weighted by atomic mass is 32.2. The molecule has 2 heterocycles. The van der Waals surface area contributed by atoms with Crippen molar-refractivity contribution in [1.82, 2.24) is 0 Å². The summed E-state index contributed by atoms with van der Waals surface area (Å²) < 4.78 is 52.5. The van der Waals surface area contributed by atoms with E-state index < -0.39 is 36.7 Å². The van der Waals surface area contributed by atoms with Gasteiger partial charge in [-0.15, -0.1) is 5.92 Å². The fourth-order valence-electron chi connectivity index (χ4n) is 3.85. The Morgan fingerprint density at radius 1 is 1.13 bits per heavy atom. The molecular formula is C22H21FN2O3S2. The number of amidine groups is 1. The Morgan fingerprint density at radius 2 is 1.80 bits per heavy atom. The number of hydrogen-bond acceptors (Lipinski definition) is 5. The van der Waals surface area contributed by atoms with Crippen LogP contribution in [0.15, 0.2) is 45.1 Å². The summed E-state index contributed by atoms with van der Waals surface area (Å²) >= 11 is 0. The van der Waals surface area contributed by atoms with Crippen LogP contribution in [-0.4, -0.2) is 29.0 Å². The van der Waals surface area contributed by atoms with Crippen LogP contribution in [0.25, 0.3) is 11.1 Å². The highest BCUT2D eigenvalue weighted by Crippen LogP contribution is 2.45. The second-order valence-corrected chi connectivity index (χ2v) is 12.2. The molecular weight excluding hydrogens is 423 g/mol. The molecule has 0 aromatic heterocycles. The molecule has 4 rings (SSSR count). The fourth-order valence-corrected chi connectivity index (χ4v) is 6.92. The number of aliphatic imine (C=N–C) groups is 1. The van der Waals surface area contributed by atoms with Gasteiger partial charge in [0.15, 0.2) is 9.84 Å². The van der Waals surface area contributed by atoms with E-state index in [0.717, 1.165) is 5.56 Å². The molecule has 2 atom stereocenters. The number of hydrogen-bond donors (Lipinski definition) is 1. The summed E-state index contributed by atoms with van der Waals surface area (Å²) in [7, 11) is -5.21. The second kappa shape index (κ2) is 6.50. The monoisotopic (exact) mass is 444 g/mol. The lowest BCUT2D eigenvalue weighted by atomic mass is 9.90. The molecule has 0 spiro atoms. The van der Waals surface area contributed by atoms with Crippen molar-refractivity contribution in [3.63, 3.8) is 0 Å². The predicted molar refractivity (Wildman–Crippen MR) is 116 cm³/mol. The maximum Gasteiger partial charge on any atom is 0.165 e. The molecule has 0 amide bonds. The number of rotatable bonds is 1. The highest BCUT2D eigenvalue weighted by molar-refractivity contribution is 7.93. The molecule has 2 aromatic rings. The van der Waals surface area contributed by atoms with Crippen molar-refractivity contribution < 1.29 is 17.0 Å². The summed E-state index contributed by atoms with van der Waals surface area (Å²) in [6.45, 7) is 6.27. The molecule has 5 nitrogen and oxygen atoms in total. The van der Waals surface area contributed by atoms with E-state index in [1.807, 2.05) is 6.07 Å². The van der Waals surface area contributed by atoms with Crippen molar-refractivity contribution >= 4 is 26.5 Å². The molecule has 30 heavy (non-hydrogen) atoms. The van der Waals surface area contributed by atoms with Gasteiger partial charge in [0.25, 0.3) is 0 Å². The van der Waals surface area contributed by atoms with Crippen molar-refractivity contribution in [3.8, 4) is 23.0 Å². The molecule has 8 heteroatoms. The van der Waals surface area contributed by atoms with Gasteiger partial charge in [-0.05, 0) is 58.0 Å². The van der Waals surface area contributed by atoms with Crippen LogP contribution in [0.5, 0.6) is 0 Å². The largest absolute Gasteiger partial charge is 0.386 e. The smallest absolute Gasteiger partial charge is 0.165 e. The molecule has 2 aliphatic heterocycles. The van der Waals surface area contributed by atoms with E-state index in [9.17, 15) is 12.6 Å². The van der Waals surface area contributed by atoms with Gasteiger partial charge in [-0.3, -0.25) is 4.99 Å². The molecule has 2 aliphatic rings. The lowest BCUT2D eigenvalue weighted by molar-refractivity contribution is 0.475. The minimum absolute atomic E-state index is 0.0550. The van der Waals surface area contributed by atoms with Gasteiger partial charge in [-0.1, -0.05) is 5.92 Å². The summed E-state index contributed by atoms with van der Waals surface area (Å²) in [6.07, 6.45) is 0. The van der Waals surface area contributed by atoms with Gasteiger partial charge in [-0.2, -0.15) is 0 Å². The predicted octanol–water partition coefficient (Wildman–Crippen LogP) is 3.12. The molecule has 2 aromatic carbocycles. The molecule has 0 saturated carbocycles. The maximum atomic E-state index is 15.2. The molecule has 0 aliphatic carbocycles. The van der Waals surface area contributed by atoms with Crippen LogP contribution < -0.4 is 5.73 Å². The molecule has 2 N–H and O–H groups in total. The lowest BCUT2D eigenvalue weighted by Gasteiger charge is -2.38. The van der Waals surface area contributed by atoms with Crippen LogP contribution in [0, 0.1) is 17.7 Å². The zero-order valence-electron chi connectivity index (χ0n) is 17.0. The Balaban J connectivity index is 1.95. The Labute approximate surface area is 178 Å². The van der Waals surface area contributed by atoms with Gasteiger partial charge in [0, 0.05) is 22.3 Å². The summed E-state index contributed by atoms with van der Waals surface area (Å²) in [4.78, 5) is 5.35. The number of sulfone groups is 1. The third-order valence-corrected chi connectivity index (χ3v) is 10.0. The first-order valence-corrected chi connectivity index (χ1v) is 12.1. The summed E-state index contributed by atoms with van der Waals surface area (Å²) in [6, 6.07) is 8.10. The number of halogens is 1. The molecule has 0 fully saturated rings. The van der Waals surface area contributed by atoms with Crippen LogP contribution in [-0.2, 0) is 26.2 Å². The van der Waals surface area contributed by atoms with Crippen molar-refractivity contribution in [2.75, 3.05) is 5.75 Å². The van der Waals surface area contributed by atoms with Crippen LogP contribution >= 0.6 is 0 Å². The maximum absolute atomic E-state index is 15.2. The second-order valence-electron chi connectivity index (χ2n) is 8.22. The first-order valence-electron chi connectivity index (χ1n) is 9.32. The van der Waals surface area contributed by atoms with Crippen LogP contribution in [0.1, 0.15) is 38.8 Å². The first kappa shape index (κ1) is 20.8. The van der Waals surface area contributed by atoms with Crippen molar-refractivity contribution in [2.24, 2.45) is 10.7 Å². The average molecular weight is 445 g/mol. The number of nitrogens with two attached hydrogens (primary N) is 1. The summed E-state index contributed by atoms with van der Waals surface area (Å²) in [5.41, 5.74) is 6.77. The van der Waals surface area contributed by atoms with Gasteiger partial charge < -0.3 is 5.73 Å². The number of fused-ring (bicyclic) bond motifs is 3. The molecule has 0 radical (unpaired) electrons. The Bertz CT molecular complexity index is 1330. The Morgan fingerprint density at radius 3 is 2.43 bits per heavy atom. The van der Waals surface area contributed by atoms with E-state index in [-0.39, 0.29) is 17.2 Å². The van der Waals surface area contributed by atoms with E-state index in [4.69, 9.17) is 5.73 Å². The minimum atomic E-state index is -3.68. The van der Waals surface area contributed by atoms with Crippen LogP contribution in [0.4, 0.5) is 4.39 Å². The fraction of sp³-hybridized carbons (Fsp3) is 0.318. The van der Waals surface area contributed by atoms with Gasteiger partial charge in [0.2, 0.25) is 0 Å². The SMILES string of the molecule is CC#Cc1ccc2c(c1)-c1cc([C@]3(C)CS(=O)(=O)C(C)(C)C(N)=N3)c(F)cc1S2=O. The standard InChI is InChI=1S/C22H21FN2O3S2/c1-5-6-13-7-8-18-14(9-13)15-10-16(17(23)11-19(15)29(18)26)22(4)12-30(27,28)21(2,3)20(24)25-22/h7-11H,12H2,1-4H3,(H2,24,25)/t22-,29?/m0/s1. The third-order valence-electron chi connectivity index (χ3n) is 5.82. The minimum Gasteiger partial charge on any atom is -0.386 e. The van der Waals surface area contributed by atoms with E-state index in [0.29, 0.717) is 20.9 Å². The van der Waals surface area contributed by atoms with E-state index in [1.54, 1.807) is 32.0 Å². The van der Waals surface area contributed by atoms with Crippen molar-refractivity contribution in [3.05, 3.63) is 47.3 Å². The summed E-state index contributed by atoms with van der Waals surface area (Å²) in [5, 5.41) is 0. The van der Waals surface area contributed by atoms with Crippen LogP contribution in [0.3, 0.4) is 0 Å². The topological polar surface area (TPSA) is 89.6 Å². The molecule has 0 saturated heterocycles. The van der Waals surface area contributed by atoms with Gasteiger partial charge in [0.05, 0.1) is 26.3 Å². The summed E-state index contributed by atoms with van der Waals surface area (Å²) in [5.74, 6) is 4.71. The van der Waals surface area contributed by atoms with Gasteiger partial charge >= 0.3 is 0 Å². The third kappa shape index (κ3) is 2.83. The highest BCUT2D eigenvalue weighted by Gasteiger charge is 2.49. The van der Waals surface area contributed by atoms with Crippen LogP contribution in [0.2, 0.25) is 0 Å². The van der Waals surface area contributed by atoms with Crippen molar-refractivity contribution in [1.29, 1.82) is 0 Å². The Kier molecular flexibility index (Phi) is 4.50. The van der Waals surface area contributed by atoms with E-state index in [1.165, 1.54) is 19.9 Å². The zero-order chi connectivity index (χ0) is 22.1. The van der Waals surface area contributed by atoms with E-state index in [2.05, 4.69) is 16.8 Å². The van der Waals surface area contributed by atoms with Crippen molar-refractivity contribution in [2.45, 2.75) is 47.8 Å². The Hall–Kier alpha value is -2.50. The normalized spacial score (nSPS) is 25.5.